The highest BCUT2D eigenvalue weighted by atomic mass is 32.2. The molecule has 4 unspecified atom stereocenters. The first kappa shape index (κ1) is 19.6. The van der Waals surface area contributed by atoms with Crippen molar-refractivity contribution in [3.05, 3.63) is 12.1 Å². The van der Waals surface area contributed by atoms with Gasteiger partial charge in [0, 0.05) is 26.2 Å². The lowest BCUT2D eigenvalue weighted by Crippen LogP contribution is -2.48. The van der Waals surface area contributed by atoms with Gasteiger partial charge in [-0.1, -0.05) is 0 Å². The summed E-state index contributed by atoms with van der Waals surface area (Å²) in [7, 11) is -3.75. The standard InChI is InChI=1S/C18H26N4O5S/c1-11-7-21(8-12(2)25-11)15-5-6-16(18-17(15)19-27-20-18)28(23,24)22-9-13(3)26-14(4)10-22/h5-6,11-14H,7-10H2,1-4H3. The zero-order valence-electron chi connectivity index (χ0n) is 16.5. The molecule has 28 heavy (non-hydrogen) atoms. The number of aromatic nitrogens is 2. The quantitative estimate of drug-likeness (QED) is 0.753. The van der Waals surface area contributed by atoms with Crippen molar-refractivity contribution in [2.75, 3.05) is 31.1 Å². The Morgan fingerprint density at radius 3 is 2.00 bits per heavy atom. The van der Waals surface area contributed by atoms with Crippen molar-refractivity contribution >= 4 is 26.7 Å². The fraction of sp³-hybridized carbons (Fsp3) is 0.667. The molecule has 1 aromatic heterocycles. The van der Waals surface area contributed by atoms with Crippen LogP contribution < -0.4 is 4.90 Å². The van der Waals surface area contributed by atoms with Crippen molar-refractivity contribution in [2.24, 2.45) is 0 Å². The Morgan fingerprint density at radius 2 is 1.39 bits per heavy atom. The van der Waals surface area contributed by atoms with Crippen LogP contribution in [0.2, 0.25) is 0 Å². The Kier molecular flexibility index (Phi) is 5.07. The molecule has 2 fully saturated rings. The Labute approximate surface area is 164 Å². The van der Waals surface area contributed by atoms with Crippen molar-refractivity contribution in [1.82, 2.24) is 14.6 Å². The Morgan fingerprint density at radius 1 is 0.857 bits per heavy atom. The molecular weight excluding hydrogens is 384 g/mol. The van der Waals surface area contributed by atoms with Crippen LogP contribution in [-0.2, 0) is 19.5 Å². The molecule has 0 radical (unpaired) electrons. The van der Waals surface area contributed by atoms with Crippen LogP contribution >= 0.6 is 0 Å². The van der Waals surface area contributed by atoms with Crippen molar-refractivity contribution < 1.29 is 22.5 Å². The second kappa shape index (κ2) is 7.25. The molecule has 4 rings (SSSR count). The van der Waals surface area contributed by atoms with Crippen LogP contribution in [0.4, 0.5) is 5.69 Å². The average Bonchev–Trinajstić information content (AvgIpc) is 3.08. The first-order valence-electron chi connectivity index (χ1n) is 9.57. The zero-order chi connectivity index (χ0) is 20.1. The molecule has 0 N–H and O–H groups in total. The highest BCUT2D eigenvalue weighted by molar-refractivity contribution is 7.89. The highest BCUT2D eigenvalue weighted by Gasteiger charge is 2.35. The third-order valence-corrected chi connectivity index (χ3v) is 6.98. The van der Waals surface area contributed by atoms with E-state index in [4.69, 9.17) is 14.1 Å². The van der Waals surface area contributed by atoms with E-state index in [9.17, 15) is 8.42 Å². The van der Waals surface area contributed by atoms with Crippen LogP contribution in [0, 0.1) is 0 Å². The van der Waals surface area contributed by atoms with E-state index >= 15 is 0 Å². The predicted molar refractivity (Wildman–Crippen MR) is 103 cm³/mol. The van der Waals surface area contributed by atoms with Crippen LogP contribution in [-0.4, -0.2) is 73.6 Å². The van der Waals surface area contributed by atoms with Gasteiger partial charge in [-0.25, -0.2) is 13.0 Å². The normalized spacial score (nSPS) is 30.1. The number of hydrogen-bond acceptors (Lipinski definition) is 8. The molecule has 1 aromatic carbocycles. The van der Waals surface area contributed by atoms with E-state index in [1.54, 1.807) is 12.1 Å². The molecule has 0 saturated carbocycles. The first-order valence-corrected chi connectivity index (χ1v) is 11.0. The van der Waals surface area contributed by atoms with Crippen LogP contribution in [0.25, 0.3) is 11.0 Å². The highest BCUT2D eigenvalue weighted by Crippen LogP contribution is 2.33. The lowest BCUT2D eigenvalue weighted by atomic mass is 10.2. The number of nitrogens with zero attached hydrogens (tertiary/aromatic N) is 4. The van der Waals surface area contributed by atoms with Crippen LogP contribution in [0.3, 0.4) is 0 Å². The van der Waals surface area contributed by atoms with Crippen molar-refractivity contribution in [2.45, 2.75) is 57.0 Å². The molecule has 0 aliphatic carbocycles. The third kappa shape index (κ3) is 3.49. The maximum absolute atomic E-state index is 13.3. The molecule has 2 saturated heterocycles. The molecule has 4 atom stereocenters. The summed E-state index contributed by atoms with van der Waals surface area (Å²) in [4.78, 5) is 2.25. The molecule has 9 nitrogen and oxygen atoms in total. The SMILES string of the molecule is CC1CN(c2ccc(S(=O)(=O)N3CC(C)OC(C)C3)c3nonc23)CC(C)O1. The largest absolute Gasteiger partial charge is 0.373 e. The molecule has 0 bridgehead atoms. The molecule has 2 aromatic rings. The minimum absolute atomic E-state index is 0.0680. The van der Waals surface area contributed by atoms with Gasteiger partial charge in [0.25, 0.3) is 0 Å². The fourth-order valence-electron chi connectivity index (χ4n) is 4.13. The minimum Gasteiger partial charge on any atom is -0.373 e. The van der Waals surface area contributed by atoms with Crippen LogP contribution in [0.15, 0.2) is 21.7 Å². The van der Waals surface area contributed by atoms with Crippen molar-refractivity contribution in [3.8, 4) is 0 Å². The maximum atomic E-state index is 13.3. The zero-order valence-corrected chi connectivity index (χ0v) is 17.3. The van der Waals surface area contributed by atoms with Gasteiger partial charge < -0.3 is 14.4 Å². The van der Waals surface area contributed by atoms with E-state index in [1.807, 2.05) is 27.7 Å². The summed E-state index contributed by atoms with van der Waals surface area (Å²) in [6.07, 6.45) is -0.197. The molecule has 10 heteroatoms. The summed E-state index contributed by atoms with van der Waals surface area (Å²) < 4.78 is 44.5. The van der Waals surface area contributed by atoms with Gasteiger partial charge in [-0.05, 0) is 50.1 Å². The first-order chi connectivity index (χ1) is 13.3. The molecule has 0 spiro atoms. The maximum Gasteiger partial charge on any atom is 0.245 e. The number of benzene rings is 1. The van der Waals surface area contributed by atoms with E-state index in [2.05, 4.69) is 15.2 Å². The number of ether oxygens (including phenoxy) is 2. The van der Waals surface area contributed by atoms with E-state index in [0.29, 0.717) is 31.7 Å². The fourth-order valence-corrected chi connectivity index (χ4v) is 5.84. The molecule has 0 amide bonds. The van der Waals surface area contributed by atoms with Gasteiger partial charge in [-0.2, -0.15) is 4.31 Å². The number of sulfonamides is 1. The van der Waals surface area contributed by atoms with Gasteiger partial charge in [0.2, 0.25) is 10.0 Å². The summed E-state index contributed by atoms with van der Waals surface area (Å²) in [6, 6.07) is 3.39. The smallest absolute Gasteiger partial charge is 0.245 e. The summed E-state index contributed by atoms with van der Waals surface area (Å²) in [5, 5.41) is 7.95. The van der Waals surface area contributed by atoms with Gasteiger partial charge in [-0.15, -0.1) is 0 Å². The molecule has 2 aliphatic rings. The van der Waals surface area contributed by atoms with Gasteiger partial charge in [0.15, 0.2) is 11.0 Å². The number of hydrogen-bond donors (Lipinski definition) is 0. The number of fused-ring (bicyclic) bond motifs is 1. The third-order valence-electron chi connectivity index (χ3n) is 5.12. The number of anilines is 1. The van der Waals surface area contributed by atoms with Crippen LogP contribution in [0.5, 0.6) is 0 Å². The number of morpholine rings is 2. The lowest BCUT2D eigenvalue weighted by molar-refractivity contribution is -0.0440. The predicted octanol–water partition coefficient (Wildman–Crippen LogP) is 1.63. The van der Waals surface area contributed by atoms with Gasteiger partial charge in [0.1, 0.15) is 4.90 Å². The molecule has 154 valence electrons. The topological polar surface area (TPSA) is 98.0 Å². The van der Waals surface area contributed by atoms with Crippen LogP contribution in [0.1, 0.15) is 27.7 Å². The van der Waals surface area contributed by atoms with E-state index < -0.39 is 10.0 Å². The van der Waals surface area contributed by atoms with Crippen molar-refractivity contribution in [1.29, 1.82) is 0 Å². The second-order valence-corrected chi connectivity index (χ2v) is 9.69. The summed E-state index contributed by atoms with van der Waals surface area (Å²) >= 11 is 0. The summed E-state index contributed by atoms with van der Waals surface area (Å²) in [5.74, 6) is 0. The van der Waals surface area contributed by atoms with Gasteiger partial charge in [0.05, 0.1) is 30.1 Å². The second-order valence-electron chi connectivity index (χ2n) is 7.79. The van der Waals surface area contributed by atoms with Gasteiger partial charge in [-0.3, -0.25) is 0 Å². The van der Waals surface area contributed by atoms with Gasteiger partial charge >= 0.3 is 0 Å². The van der Waals surface area contributed by atoms with E-state index in [-0.39, 0.29) is 34.8 Å². The Balaban J connectivity index is 1.73. The summed E-state index contributed by atoms with van der Waals surface area (Å²) in [6.45, 7) is 9.76. The van der Waals surface area contributed by atoms with E-state index in [1.165, 1.54) is 4.31 Å². The molecule has 2 aliphatic heterocycles. The van der Waals surface area contributed by atoms with E-state index in [0.717, 1.165) is 5.69 Å². The number of rotatable bonds is 3. The van der Waals surface area contributed by atoms with Crippen molar-refractivity contribution in [3.63, 3.8) is 0 Å². The average molecular weight is 410 g/mol. The monoisotopic (exact) mass is 410 g/mol. The minimum atomic E-state index is -3.75. The Bertz CT molecular complexity index is 942. The molecular formula is C18H26N4O5S. The molecule has 3 heterocycles. The summed E-state index contributed by atoms with van der Waals surface area (Å²) in [5.41, 5.74) is 1.52. The lowest BCUT2D eigenvalue weighted by Gasteiger charge is -2.37. The Hall–Kier alpha value is -1.75.